The summed E-state index contributed by atoms with van der Waals surface area (Å²) < 4.78 is 0. The summed E-state index contributed by atoms with van der Waals surface area (Å²) in [6, 6.07) is 0. The highest BCUT2D eigenvalue weighted by molar-refractivity contribution is 6.40. The molecule has 0 aliphatic rings. The van der Waals surface area contributed by atoms with E-state index in [1.54, 1.807) is 13.8 Å². The second-order valence-electron chi connectivity index (χ2n) is 2.53. The van der Waals surface area contributed by atoms with Crippen molar-refractivity contribution in [3.63, 3.8) is 0 Å². The lowest BCUT2D eigenvalue weighted by atomic mass is 10.3. The van der Waals surface area contributed by atoms with Crippen LogP contribution in [0.4, 0.5) is 0 Å². The monoisotopic (exact) mass is 200 g/mol. The normalized spacial score (nSPS) is 12.1. The molecular weight excluding hydrogens is 184 g/mol. The van der Waals surface area contributed by atoms with Crippen molar-refractivity contribution < 1.29 is 10.2 Å². The van der Waals surface area contributed by atoms with Crippen LogP contribution in [-0.4, -0.2) is 23.3 Å². The maximum absolute atomic E-state index is 5.14. The average Bonchev–Trinajstić information content (AvgIpc) is 2.09. The first kappa shape index (κ1) is 11.9. The first-order valence-electron chi connectivity index (χ1n) is 3.80. The Morgan fingerprint density at radius 3 is 1.29 bits per heavy atom. The van der Waals surface area contributed by atoms with Gasteiger partial charge in [-0.05, 0) is 13.8 Å². The molecule has 0 fully saturated rings. The van der Waals surface area contributed by atoms with Crippen molar-refractivity contribution in [2.24, 2.45) is 33.1 Å². The van der Waals surface area contributed by atoms with Gasteiger partial charge in [0.25, 0.3) is 0 Å². The van der Waals surface area contributed by atoms with Gasteiger partial charge in [-0.2, -0.15) is 10.2 Å². The Bertz CT molecular complexity index is 270. The van der Waals surface area contributed by atoms with Gasteiger partial charge in [0.05, 0.1) is 11.4 Å². The van der Waals surface area contributed by atoms with Gasteiger partial charge in [-0.3, -0.25) is 22.9 Å². The molecule has 14 heavy (non-hydrogen) atoms. The Balaban J connectivity index is 4.62. The van der Waals surface area contributed by atoms with E-state index in [4.69, 9.17) is 22.9 Å². The largest absolute Gasteiger partial charge is 0.362 e. The zero-order valence-corrected chi connectivity index (χ0v) is 8.20. The smallest absolute Gasteiger partial charge is 0.289 e. The van der Waals surface area contributed by atoms with Gasteiger partial charge in [-0.25, -0.2) is 0 Å². The van der Waals surface area contributed by atoms with Crippen LogP contribution in [0.3, 0.4) is 0 Å². The molecule has 0 aromatic heterocycles. The summed E-state index contributed by atoms with van der Waals surface area (Å²) in [5.41, 5.74) is 21.8. The minimum Gasteiger partial charge on any atom is -0.289 e. The highest BCUT2D eigenvalue weighted by Gasteiger charge is 1.97. The first-order chi connectivity index (χ1) is 6.43. The lowest BCUT2D eigenvalue weighted by molar-refractivity contribution is -0.466. The summed E-state index contributed by atoms with van der Waals surface area (Å²) >= 11 is 0. The summed E-state index contributed by atoms with van der Waals surface area (Å²) in [5, 5.41) is 12.4. The fourth-order valence-corrected chi connectivity index (χ4v) is 0.459. The van der Waals surface area contributed by atoms with E-state index in [-0.39, 0.29) is 11.9 Å². The number of nitrogens with two attached hydrogens (primary N) is 4. The van der Waals surface area contributed by atoms with E-state index in [1.807, 2.05) is 0 Å². The molecule has 0 bridgehead atoms. The van der Waals surface area contributed by atoms with Gasteiger partial charge in [0.2, 0.25) is 0 Å². The van der Waals surface area contributed by atoms with Gasteiger partial charge in [0.1, 0.15) is 0 Å². The predicted octanol–water partition coefficient (Wildman–Crippen LogP) is -5.55. The number of hydrazone groups is 2. The van der Waals surface area contributed by atoms with Crippen LogP contribution in [0.1, 0.15) is 13.8 Å². The van der Waals surface area contributed by atoms with Crippen LogP contribution >= 0.6 is 0 Å². The van der Waals surface area contributed by atoms with E-state index in [9.17, 15) is 0 Å². The van der Waals surface area contributed by atoms with Crippen molar-refractivity contribution in [2.45, 2.75) is 13.8 Å². The lowest BCUT2D eigenvalue weighted by Gasteiger charge is -1.92. The van der Waals surface area contributed by atoms with Crippen molar-refractivity contribution in [1.82, 2.24) is 0 Å². The minimum absolute atomic E-state index is 0.00927. The molecule has 0 heterocycles. The summed E-state index contributed by atoms with van der Waals surface area (Å²) in [6.07, 6.45) is 0. The second kappa shape index (κ2) is 5.51. The minimum atomic E-state index is 0.00927. The number of guanidine groups is 2. The zero-order valence-electron chi connectivity index (χ0n) is 8.20. The average molecular weight is 200 g/mol. The van der Waals surface area contributed by atoms with Crippen LogP contribution in [0, 0.1) is 0 Å². The summed E-state index contributed by atoms with van der Waals surface area (Å²) in [7, 11) is 0. The molecule has 8 heteroatoms. The topological polar surface area (TPSA) is 157 Å². The fourth-order valence-electron chi connectivity index (χ4n) is 0.459. The quantitative estimate of drug-likeness (QED) is 0.152. The van der Waals surface area contributed by atoms with Crippen molar-refractivity contribution in [3.05, 3.63) is 0 Å². The molecule has 0 saturated carbocycles. The highest BCUT2D eigenvalue weighted by atomic mass is 15.3. The van der Waals surface area contributed by atoms with E-state index in [1.165, 1.54) is 0 Å². The molecule has 0 aliphatic carbocycles. The van der Waals surface area contributed by atoms with Gasteiger partial charge >= 0.3 is 11.9 Å². The predicted molar refractivity (Wildman–Crippen MR) is 54.9 cm³/mol. The molecule has 10 N–H and O–H groups in total. The molecule has 0 atom stereocenters. The third-order valence-electron chi connectivity index (χ3n) is 1.23. The van der Waals surface area contributed by atoms with Gasteiger partial charge in [-0.15, -0.1) is 10.2 Å². The third kappa shape index (κ3) is 5.52. The highest BCUT2D eigenvalue weighted by Crippen LogP contribution is 1.75. The van der Waals surface area contributed by atoms with Crippen LogP contribution in [0.2, 0.25) is 0 Å². The Morgan fingerprint density at radius 1 is 0.786 bits per heavy atom. The van der Waals surface area contributed by atoms with E-state index in [0.717, 1.165) is 0 Å². The maximum Gasteiger partial charge on any atom is 0.362 e. The van der Waals surface area contributed by atoms with E-state index in [2.05, 4.69) is 20.4 Å². The van der Waals surface area contributed by atoms with Crippen LogP contribution in [0.25, 0.3) is 0 Å². The summed E-state index contributed by atoms with van der Waals surface area (Å²) in [5.74, 6) is 0.0185. The van der Waals surface area contributed by atoms with Crippen LogP contribution in [-0.2, 0) is 0 Å². The van der Waals surface area contributed by atoms with E-state index < -0.39 is 0 Å². The second-order valence-corrected chi connectivity index (χ2v) is 2.53. The molecule has 0 aromatic rings. The summed E-state index contributed by atoms with van der Waals surface area (Å²) in [4.78, 5) is 0. The number of hydrogen-bond donors (Lipinski definition) is 6. The van der Waals surface area contributed by atoms with E-state index in [0.29, 0.717) is 11.4 Å². The molecule has 78 valence electrons. The Kier molecular flexibility index (Phi) is 4.68. The number of nitrogens with zero attached hydrogens (tertiary/aromatic N) is 2. The third-order valence-corrected chi connectivity index (χ3v) is 1.23. The molecule has 8 nitrogen and oxygen atoms in total. The van der Waals surface area contributed by atoms with Crippen LogP contribution < -0.4 is 33.1 Å². The molecule has 0 aromatic carbocycles. The molecule has 0 saturated heterocycles. The SMILES string of the molecule is CC(=N\[NH+]=C(N)N)/C(C)=N/[NH+]=C(N)N. The first-order valence-corrected chi connectivity index (χ1v) is 3.80. The van der Waals surface area contributed by atoms with Gasteiger partial charge in [-0.1, -0.05) is 0 Å². The Labute approximate surface area is 81.4 Å². The molecule has 0 rings (SSSR count). The summed E-state index contributed by atoms with van der Waals surface area (Å²) in [6.45, 7) is 3.45. The van der Waals surface area contributed by atoms with Gasteiger partial charge in [0.15, 0.2) is 0 Å². The molecular formula is C6H16N8+2. The number of hydrogen-bond acceptors (Lipinski definition) is 2. The van der Waals surface area contributed by atoms with Crippen molar-refractivity contribution >= 4 is 23.3 Å². The van der Waals surface area contributed by atoms with E-state index >= 15 is 0 Å². The van der Waals surface area contributed by atoms with Gasteiger partial charge < -0.3 is 0 Å². The molecule has 0 aliphatic heterocycles. The Hall–Kier alpha value is -2.12. The lowest BCUT2D eigenvalue weighted by Crippen LogP contribution is -2.74. The van der Waals surface area contributed by atoms with Crippen molar-refractivity contribution in [2.75, 3.05) is 0 Å². The molecule has 0 amide bonds. The van der Waals surface area contributed by atoms with Crippen LogP contribution in [0.15, 0.2) is 10.2 Å². The zero-order chi connectivity index (χ0) is 11.1. The molecule has 0 radical (unpaired) electrons. The Morgan fingerprint density at radius 2 is 1.07 bits per heavy atom. The molecule has 0 unspecified atom stereocenters. The van der Waals surface area contributed by atoms with Crippen molar-refractivity contribution in [3.8, 4) is 0 Å². The van der Waals surface area contributed by atoms with Crippen LogP contribution in [0.5, 0.6) is 0 Å². The maximum atomic E-state index is 5.14. The molecule has 0 spiro atoms. The number of rotatable bonds is 3. The standard InChI is InChI=1S/C6H14N8/c1-3(11-13-5(7)8)4(2)12-14-6(9)10/h1-2H3,(H4,7,8,13)(H4,9,10,14)/p+2/b11-3+,12-4+. The van der Waals surface area contributed by atoms with Gasteiger partial charge in [0, 0.05) is 0 Å². The van der Waals surface area contributed by atoms with Crippen molar-refractivity contribution in [1.29, 1.82) is 0 Å². The fraction of sp³-hybridized carbons (Fsp3) is 0.333. The number of nitrogens with one attached hydrogen (secondary N) is 2.